The lowest BCUT2D eigenvalue weighted by atomic mass is 10.00. The fourth-order valence-electron chi connectivity index (χ4n) is 4.22. The minimum absolute atomic E-state index is 0.0918. The Morgan fingerprint density at radius 3 is 2.81 bits per heavy atom. The number of nitrogens with one attached hydrogen (secondary N) is 1. The van der Waals surface area contributed by atoms with Gasteiger partial charge in [0.15, 0.2) is 0 Å². The molecule has 1 atom stereocenters. The molecule has 31 heavy (non-hydrogen) atoms. The molecule has 0 spiro atoms. The maximum atomic E-state index is 14.3. The molecule has 10 heteroatoms. The average molecular weight is 418 g/mol. The molecule has 0 radical (unpaired) electrons. The van der Waals surface area contributed by atoms with Crippen molar-refractivity contribution >= 4 is 17.2 Å². The van der Waals surface area contributed by atoms with Crippen LogP contribution in [0.25, 0.3) is 5.52 Å². The van der Waals surface area contributed by atoms with Gasteiger partial charge in [0.2, 0.25) is 0 Å². The van der Waals surface area contributed by atoms with E-state index in [9.17, 15) is 9.18 Å². The van der Waals surface area contributed by atoms with Crippen LogP contribution in [0.5, 0.6) is 0 Å². The first-order valence-electron chi connectivity index (χ1n) is 10.2. The number of pyridine rings is 1. The van der Waals surface area contributed by atoms with E-state index in [1.54, 1.807) is 35.8 Å². The van der Waals surface area contributed by atoms with Crippen LogP contribution in [0.15, 0.2) is 43.1 Å². The van der Waals surface area contributed by atoms with Crippen LogP contribution in [-0.2, 0) is 6.42 Å². The number of aromatic amines is 1. The van der Waals surface area contributed by atoms with Crippen molar-refractivity contribution in [2.75, 3.05) is 24.5 Å². The number of aromatic nitrogens is 6. The Kier molecular flexibility index (Phi) is 3.98. The van der Waals surface area contributed by atoms with Crippen LogP contribution in [0.1, 0.15) is 40.0 Å². The molecule has 1 fully saturated rings. The highest BCUT2D eigenvalue weighted by molar-refractivity contribution is 5.92. The zero-order chi connectivity index (χ0) is 20.9. The predicted molar refractivity (Wildman–Crippen MR) is 109 cm³/mol. The Morgan fingerprint density at radius 2 is 2.06 bits per heavy atom. The van der Waals surface area contributed by atoms with Crippen molar-refractivity contribution in [2.24, 2.45) is 0 Å². The second-order valence-corrected chi connectivity index (χ2v) is 7.77. The molecule has 0 aromatic carbocycles. The lowest BCUT2D eigenvalue weighted by Gasteiger charge is -2.34. The zero-order valence-electron chi connectivity index (χ0n) is 16.6. The number of rotatable bonds is 3. The molecule has 4 aromatic rings. The lowest BCUT2D eigenvalue weighted by molar-refractivity contribution is 0.0645. The van der Waals surface area contributed by atoms with Gasteiger partial charge in [0.05, 0.1) is 30.1 Å². The van der Waals surface area contributed by atoms with E-state index in [1.807, 2.05) is 4.90 Å². The molecule has 0 saturated carbocycles. The van der Waals surface area contributed by atoms with Gasteiger partial charge in [-0.2, -0.15) is 5.10 Å². The monoisotopic (exact) mass is 418 g/mol. The second-order valence-electron chi connectivity index (χ2n) is 7.77. The molecule has 0 bridgehead atoms. The molecule has 156 valence electrons. The van der Waals surface area contributed by atoms with E-state index in [0.717, 1.165) is 37.3 Å². The first-order valence-corrected chi connectivity index (χ1v) is 10.2. The minimum atomic E-state index is -0.347. The van der Waals surface area contributed by atoms with Crippen molar-refractivity contribution in [1.82, 2.24) is 34.4 Å². The summed E-state index contributed by atoms with van der Waals surface area (Å²) in [6, 6.07) is 4.43. The quantitative estimate of drug-likeness (QED) is 0.547. The topological polar surface area (TPSA) is 95.3 Å². The Labute approximate surface area is 176 Å². The molecule has 6 rings (SSSR count). The van der Waals surface area contributed by atoms with Gasteiger partial charge in [-0.25, -0.2) is 23.9 Å². The van der Waals surface area contributed by atoms with E-state index in [-0.39, 0.29) is 17.8 Å². The molecule has 9 nitrogen and oxygen atoms in total. The van der Waals surface area contributed by atoms with E-state index in [4.69, 9.17) is 0 Å². The Balaban J connectivity index is 1.40. The summed E-state index contributed by atoms with van der Waals surface area (Å²) < 4.78 is 15.8. The number of nitrogens with zero attached hydrogens (tertiary/aromatic N) is 7. The van der Waals surface area contributed by atoms with Gasteiger partial charge >= 0.3 is 0 Å². The Bertz CT molecular complexity index is 1280. The summed E-state index contributed by atoms with van der Waals surface area (Å²) in [6.45, 7) is 2.19. The van der Waals surface area contributed by atoms with Crippen molar-refractivity contribution in [3.63, 3.8) is 0 Å². The van der Waals surface area contributed by atoms with Gasteiger partial charge in [0, 0.05) is 37.9 Å². The number of anilines is 1. The summed E-state index contributed by atoms with van der Waals surface area (Å²) in [6.07, 6.45) is 8.31. The molecule has 2 aliphatic rings. The van der Waals surface area contributed by atoms with Gasteiger partial charge < -0.3 is 14.8 Å². The van der Waals surface area contributed by atoms with Gasteiger partial charge in [0.1, 0.15) is 28.9 Å². The molecule has 6 heterocycles. The number of likely N-dealkylation sites (tertiary alicyclic amines) is 1. The van der Waals surface area contributed by atoms with Gasteiger partial charge in [0.25, 0.3) is 5.91 Å². The number of H-pyrrole nitrogens is 1. The number of carbonyl (C=O) groups is 1. The van der Waals surface area contributed by atoms with Gasteiger partial charge in [-0.1, -0.05) is 0 Å². The molecule has 0 aliphatic carbocycles. The van der Waals surface area contributed by atoms with Crippen LogP contribution < -0.4 is 4.90 Å². The highest BCUT2D eigenvalue weighted by Crippen LogP contribution is 2.35. The Morgan fingerprint density at radius 1 is 1.16 bits per heavy atom. The predicted octanol–water partition coefficient (Wildman–Crippen LogP) is 1.98. The first kappa shape index (κ1) is 18.0. The molecule has 0 unspecified atom stereocenters. The summed E-state index contributed by atoms with van der Waals surface area (Å²) in [5.41, 5.74) is 3.27. The number of imidazole rings is 1. The van der Waals surface area contributed by atoms with E-state index in [2.05, 4.69) is 25.0 Å². The van der Waals surface area contributed by atoms with E-state index in [0.29, 0.717) is 29.3 Å². The summed E-state index contributed by atoms with van der Waals surface area (Å²) in [5, 5.41) is 4.61. The number of carbonyl (C=O) groups excluding carboxylic acids is 1. The maximum Gasteiger partial charge on any atom is 0.274 e. The van der Waals surface area contributed by atoms with Gasteiger partial charge in [-0.3, -0.25) is 4.79 Å². The number of hydrogen-bond acceptors (Lipinski definition) is 6. The molecule has 4 aromatic heterocycles. The fourth-order valence-corrected chi connectivity index (χ4v) is 4.22. The highest BCUT2D eigenvalue weighted by Gasteiger charge is 2.34. The summed E-state index contributed by atoms with van der Waals surface area (Å²) >= 11 is 0. The third kappa shape index (κ3) is 2.86. The highest BCUT2D eigenvalue weighted by atomic mass is 19.1. The number of halogens is 1. The van der Waals surface area contributed by atoms with Crippen molar-refractivity contribution in [1.29, 1.82) is 0 Å². The first-order chi connectivity index (χ1) is 15.2. The van der Waals surface area contributed by atoms with Crippen LogP contribution in [-0.4, -0.2) is 60.0 Å². The average Bonchev–Trinajstić information content (AvgIpc) is 3.39. The SMILES string of the molecule is O=C(c1cnc(N2CCc3[nH]cnc3[C@@H]2c2cc3c(F)cccn3n2)cn1)N1CCC1. The molecule has 1 amide bonds. The van der Waals surface area contributed by atoms with Crippen molar-refractivity contribution in [2.45, 2.75) is 18.9 Å². The van der Waals surface area contributed by atoms with Crippen LogP contribution in [0.2, 0.25) is 0 Å². The van der Waals surface area contributed by atoms with Crippen molar-refractivity contribution in [3.8, 4) is 0 Å². The van der Waals surface area contributed by atoms with Crippen molar-refractivity contribution < 1.29 is 9.18 Å². The van der Waals surface area contributed by atoms with E-state index < -0.39 is 0 Å². The van der Waals surface area contributed by atoms with Crippen LogP contribution in [0, 0.1) is 5.82 Å². The van der Waals surface area contributed by atoms with Crippen LogP contribution in [0.3, 0.4) is 0 Å². The minimum Gasteiger partial charge on any atom is -0.348 e. The molecular weight excluding hydrogens is 399 g/mol. The Hall–Kier alpha value is -3.82. The lowest BCUT2D eigenvalue weighted by Crippen LogP contribution is -2.42. The zero-order valence-corrected chi connectivity index (χ0v) is 16.6. The number of amides is 1. The standard InChI is InChI=1S/C21H19FN8O/c22-13-3-1-7-30-17(13)9-15(27-30)20-19-14(25-12-26-19)4-8-29(20)18-11-23-16(10-24-18)21(31)28-5-2-6-28/h1,3,7,9-12,20H,2,4-6,8H2,(H,25,26)/t20-/m0/s1. The number of hydrogen-bond donors (Lipinski definition) is 1. The smallest absolute Gasteiger partial charge is 0.274 e. The third-order valence-electron chi connectivity index (χ3n) is 5.97. The fraction of sp³-hybridized carbons (Fsp3) is 0.286. The summed E-state index contributed by atoms with van der Waals surface area (Å²) in [5.74, 6) is 0.196. The summed E-state index contributed by atoms with van der Waals surface area (Å²) in [7, 11) is 0. The van der Waals surface area contributed by atoms with Gasteiger partial charge in [-0.15, -0.1) is 0 Å². The summed E-state index contributed by atoms with van der Waals surface area (Å²) in [4.78, 5) is 32.8. The van der Waals surface area contributed by atoms with Crippen LogP contribution in [0.4, 0.5) is 10.2 Å². The molecular formula is C21H19FN8O. The number of fused-ring (bicyclic) bond motifs is 2. The molecule has 2 aliphatic heterocycles. The normalized spacial score (nSPS) is 18.2. The van der Waals surface area contributed by atoms with Crippen molar-refractivity contribution in [3.05, 3.63) is 71.7 Å². The largest absolute Gasteiger partial charge is 0.348 e. The maximum absolute atomic E-state index is 14.3. The third-order valence-corrected chi connectivity index (χ3v) is 5.97. The second kappa shape index (κ2) is 6.86. The molecule has 1 N–H and O–H groups in total. The van der Waals surface area contributed by atoms with E-state index >= 15 is 0 Å². The van der Waals surface area contributed by atoms with Crippen LogP contribution >= 0.6 is 0 Å². The molecule has 1 saturated heterocycles. The van der Waals surface area contributed by atoms with E-state index in [1.165, 1.54) is 16.8 Å². The van der Waals surface area contributed by atoms with Gasteiger partial charge in [-0.05, 0) is 24.6 Å².